The number of nitrogens with zero attached hydrogens (tertiary/aromatic N) is 1. The van der Waals surface area contributed by atoms with Crippen molar-refractivity contribution in [2.45, 2.75) is 13.3 Å². The van der Waals surface area contributed by atoms with Crippen LogP contribution in [0, 0.1) is 17.0 Å². The molecule has 20 heavy (non-hydrogen) atoms. The SMILES string of the molecule is Cc1ccccc1CCNc1cccc(Cl)c1[N+](=O)[O-]. The van der Waals surface area contributed by atoms with E-state index in [0.717, 1.165) is 6.42 Å². The molecule has 5 heteroatoms. The summed E-state index contributed by atoms with van der Waals surface area (Å²) in [6.45, 7) is 2.67. The van der Waals surface area contributed by atoms with Crippen LogP contribution in [-0.4, -0.2) is 11.5 Å². The highest BCUT2D eigenvalue weighted by atomic mass is 35.5. The van der Waals surface area contributed by atoms with Crippen molar-refractivity contribution in [3.8, 4) is 0 Å². The van der Waals surface area contributed by atoms with E-state index in [4.69, 9.17) is 11.6 Å². The first-order chi connectivity index (χ1) is 9.59. The Morgan fingerprint density at radius 3 is 2.65 bits per heavy atom. The Balaban J connectivity index is 2.07. The van der Waals surface area contributed by atoms with Crippen molar-refractivity contribution in [1.29, 1.82) is 0 Å². The summed E-state index contributed by atoms with van der Waals surface area (Å²) in [5.41, 5.74) is 2.83. The molecule has 104 valence electrons. The van der Waals surface area contributed by atoms with Gasteiger partial charge in [-0.2, -0.15) is 0 Å². The van der Waals surface area contributed by atoms with E-state index in [2.05, 4.69) is 24.4 Å². The molecule has 0 aromatic heterocycles. The van der Waals surface area contributed by atoms with Gasteiger partial charge in [0.1, 0.15) is 10.7 Å². The molecule has 0 unspecified atom stereocenters. The van der Waals surface area contributed by atoms with Crippen LogP contribution in [0.3, 0.4) is 0 Å². The van der Waals surface area contributed by atoms with Gasteiger partial charge in [-0.3, -0.25) is 10.1 Å². The Morgan fingerprint density at radius 2 is 1.95 bits per heavy atom. The second-order valence-corrected chi connectivity index (χ2v) is 4.90. The average Bonchev–Trinajstić information content (AvgIpc) is 2.40. The molecule has 1 N–H and O–H groups in total. The maximum Gasteiger partial charge on any atom is 0.310 e. The molecular weight excluding hydrogens is 276 g/mol. The third-order valence-corrected chi connectivity index (χ3v) is 3.45. The normalized spacial score (nSPS) is 10.3. The lowest BCUT2D eigenvalue weighted by Crippen LogP contribution is -2.07. The highest BCUT2D eigenvalue weighted by Gasteiger charge is 2.17. The standard InChI is InChI=1S/C15H15ClN2O2/c1-11-5-2-3-6-12(11)9-10-17-14-8-4-7-13(16)15(14)18(19)20/h2-8,17H,9-10H2,1H3. The minimum atomic E-state index is -0.460. The van der Waals surface area contributed by atoms with Crippen LogP contribution in [-0.2, 0) is 6.42 Å². The summed E-state index contributed by atoms with van der Waals surface area (Å²) in [5.74, 6) is 0. The fourth-order valence-corrected chi connectivity index (χ4v) is 2.31. The van der Waals surface area contributed by atoms with Crippen molar-refractivity contribution >= 4 is 23.0 Å². The summed E-state index contributed by atoms with van der Waals surface area (Å²) < 4.78 is 0. The van der Waals surface area contributed by atoms with Crippen molar-refractivity contribution in [3.63, 3.8) is 0 Å². The maximum absolute atomic E-state index is 11.0. The third kappa shape index (κ3) is 3.27. The number of benzene rings is 2. The summed E-state index contributed by atoms with van der Waals surface area (Å²) in [6, 6.07) is 13.0. The first-order valence-corrected chi connectivity index (χ1v) is 6.68. The van der Waals surface area contributed by atoms with Crippen LogP contribution in [0.1, 0.15) is 11.1 Å². The molecule has 2 aromatic carbocycles. The average molecular weight is 291 g/mol. The van der Waals surface area contributed by atoms with Crippen molar-refractivity contribution in [2.24, 2.45) is 0 Å². The highest BCUT2D eigenvalue weighted by Crippen LogP contribution is 2.32. The van der Waals surface area contributed by atoms with Gasteiger partial charge in [-0.15, -0.1) is 0 Å². The Bertz CT molecular complexity index is 629. The second kappa shape index (κ2) is 6.39. The van der Waals surface area contributed by atoms with E-state index in [9.17, 15) is 10.1 Å². The maximum atomic E-state index is 11.0. The van der Waals surface area contributed by atoms with E-state index in [-0.39, 0.29) is 10.7 Å². The van der Waals surface area contributed by atoms with E-state index in [1.807, 2.05) is 12.1 Å². The van der Waals surface area contributed by atoms with Crippen LogP contribution in [0.4, 0.5) is 11.4 Å². The Labute approximate surface area is 122 Å². The van der Waals surface area contributed by atoms with Crippen LogP contribution < -0.4 is 5.32 Å². The van der Waals surface area contributed by atoms with E-state index in [1.165, 1.54) is 17.2 Å². The molecule has 0 saturated carbocycles. The van der Waals surface area contributed by atoms with E-state index in [1.54, 1.807) is 12.1 Å². The summed E-state index contributed by atoms with van der Waals surface area (Å²) in [7, 11) is 0. The monoisotopic (exact) mass is 290 g/mol. The summed E-state index contributed by atoms with van der Waals surface area (Å²) in [6.07, 6.45) is 0.802. The van der Waals surface area contributed by atoms with Gasteiger partial charge in [0.15, 0.2) is 0 Å². The zero-order valence-electron chi connectivity index (χ0n) is 11.1. The Hall–Kier alpha value is -2.07. The number of aryl methyl sites for hydroxylation is 1. The molecule has 0 saturated heterocycles. The lowest BCUT2D eigenvalue weighted by atomic mass is 10.1. The number of rotatable bonds is 5. The molecule has 4 nitrogen and oxygen atoms in total. The molecule has 0 aliphatic rings. The lowest BCUT2D eigenvalue weighted by Gasteiger charge is -2.09. The Kier molecular flexibility index (Phi) is 4.58. The summed E-state index contributed by atoms with van der Waals surface area (Å²) in [5, 5.41) is 14.2. The van der Waals surface area contributed by atoms with Gasteiger partial charge < -0.3 is 5.32 Å². The first kappa shape index (κ1) is 14.3. The number of anilines is 1. The largest absolute Gasteiger partial charge is 0.379 e. The van der Waals surface area contributed by atoms with Crippen LogP contribution in [0.25, 0.3) is 0 Å². The number of nitro benzene ring substituents is 1. The molecule has 2 aromatic rings. The summed E-state index contributed by atoms with van der Waals surface area (Å²) in [4.78, 5) is 10.6. The van der Waals surface area contributed by atoms with Crippen molar-refractivity contribution in [2.75, 3.05) is 11.9 Å². The van der Waals surface area contributed by atoms with Crippen molar-refractivity contribution in [3.05, 3.63) is 68.7 Å². The van der Waals surface area contributed by atoms with Gasteiger partial charge in [0, 0.05) is 6.54 Å². The Morgan fingerprint density at radius 1 is 1.20 bits per heavy atom. The smallest absolute Gasteiger partial charge is 0.310 e. The highest BCUT2D eigenvalue weighted by molar-refractivity contribution is 6.33. The molecule has 0 aliphatic carbocycles. The molecule has 0 aliphatic heterocycles. The van der Waals surface area contributed by atoms with Gasteiger partial charge in [-0.25, -0.2) is 0 Å². The van der Waals surface area contributed by atoms with Gasteiger partial charge in [0.05, 0.1) is 4.92 Å². The third-order valence-electron chi connectivity index (χ3n) is 3.14. The van der Waals surface area contributed by atoms with Gasteiger partial charge >= 0.3 is 5.69 Å². The predicted octanol–water partition coefficient (Wildman–Crippen LogP) is 4.21. The number of para-hydroxylation sites is 1. The van der Waals surface area contributed by atoms with E-state index < -0.39 is 4.92 Å². The number of nitro groups is 1. The molecule has 2 rings (SSSR count). The van der Waals surface area contributed by atoms with Crippen LogP contribution in [0.5, 0.6) is 0 Å². The fraction of sp³-hybridized carbons (Fsp3) is 0.200. The second-order valence-electron chi connectivity index (χ2n) is 4.50. The molecule has 0 amide bonds. The van der Waals surface area contributed by atoms with Gasteiger partial charge in [-0.1, -0.05) is 41.9 Å². The van der Waals surface area contributed by atoms with Crippen molar-refractivity contribution in [1.82, 2.24) is 0 Å². The quantitative estimate of drug-likeness (QED) is 0.663. The topological polar surface area (TPSA) is 55.2 Å². The number of hydrogen-bond donors (Lipinski definition) is 1. The number of nitrogens with one attached hydrogen (secondary N) is 1. The first-order valence-electron chi connectivity index (χ1n) is 6.31. The zero-order valence-corrected chi connectivity index (χ0v) is 11.9. The zero-order chi connectivity index (χ0) is 14.5. The molecule has 0 fully saturated rings. The minimum Gasteiger partial charge on any atom is -0.379 e. The van der Waals surface area contributed by atoms with E-state index in [0.29, 0.717) is 12.2 Å². The molecule has 0 bridgehead atoms. The fourth-order valence-electron chi connectivity index (χ4n) is 2.07. The number of hydrogen-bond acceptors (Lipinski definition) is 3. The molecule has 0 heterocycles. The molecule has 0 atom stereocenters. The van der Waals surface area contributed by atoms with Crippen LogP contribution in [0.2, 0.25) is 5.02 Å². The van der Waals surface area contributed by atoms with E-state index >= 15 is 0 Å². The van der Waals surface area contributed by atoms with Gasteiger partial charge in [0.25, 0.3) is 0 Å². The molecule has 0 spiro atoms. The van der Waals surface area contributed by atoms with Gasteiger partial charge in [0.2, 0.25) is 0 Å². The van der Waals surface area contributed by atoms with Crippen LogP contribution >= 0.6 is 11.6 Å². The molecular formula is C15H15ClN2O2. The predicted molar refractivity (Wildman–Crippen MR) is 81.5 cm³/mol. The lowest BCUT2D eigenvalue weighted by molar-refractivity contribution is -0.383. The molecule has 0 radical (unpaired) electrons. The van der Waals surface area contributed by atoms with Crippen molar-refractivity contribution < 1.29 is 4.92 Å². The minimum absolute atomic E-state index is 0.0704. The van der Waals surface area contributed by atoms with Crippen LogP contribution in [0.15, 0.2) is 42.5 Å². The summed E-state index contributed by atoms with van der Waals surface area (Å²) >= 11 is 5.86. The van der Waals surface area contributed by atoms with Gasteiger partial charge in [-0.05, 0) is 36.6 Å². The number of halogens is 1.